The van der Waals surface area contributed by atoms with Gasteiger partial charge in [0.25, 0.3) is 0 Å². The Kier molecular flexibility index (Phi) is 5.02. The van der Waals surface area contributed by atoms with E-state index in [0.717, 1.165) is 0 Å². The predicted molar refractivity (Wildman–Crippen MR) is 105 cm³/mol. The zero-order valence-electron chi connectivity index (χ0n) is 16.7. The van der Waals surface area contributed by atoms with Crippen LogP contribution in [0.2, 0.25) is 18.1 Å². The molecule has 3 heterocycles. The molecule has 0 saturated carbocycles. The highest BCUT2D eigenvalue weighted by molar-refractivity contribution is 6.74. The van der Waals surface area contributed by atoms with Crippen LogP contribution >= 0.6 is 0 Å². The first-order valence-corrected chi connectivity index (χ1v) is 12.0. The summed E-state index contributed by atoms with van der Waals surface area (Å²) >= 11 is 0. The Balaban J connectivity index is 1.93. The summed E-state index contributed by atoms with van der Waals surface area (Å²) in [6, 6.07) is 5.27. The van der Waals surface area contributed by atoms with E-state index < -0.39 is 32.2 Å². The van der Waals surface area contributed by atoms with Gasteiger partial charge in [-0.15, -0.1) is 0 Å². The van der Waals surface area contributed by atoms with E-state index in [1.165, 1.54) is 10.8 Å². The van der Waals surface area contributed by atoms with Gasteiger partial charge in [0.15, 0.2) is 14.1 Å². The van der Waals surface area contributed by atoms with Crippen molar-refractivity contribution < 1.29 is 19.4 Å². The molecule has 0 bridgehead atoms. The van der Waals surface area contributed by atoms with Gasteiger partial charge in [-0.2, -0.15) is 10.4 Å². The summed E-state index contributed by atoms with van der Waals surface area (Å²) in [7, 11) is -2.10. The van der Waals surface area contributed by atoms with Crippen molar-refractivity contribution >= 4 is 19.7 Å². The minimum Gasteiger partial charge on any atom is -0.414 e. The van der Waals surface area contributed by atoms with Crippen molar-refractivity contribution in [2.45, 2.75) is 62.8 Å². The number of aromatic nitrogens is 3. The zero-order valence-corrected chi connectivity index (χ0v) is 17.7. The lowest BCUT2D eigenvalue weighted by molar-refractivity contribution is -0.0625. The van der Waals surface area contributed by atoms with Gasteiger partial charge < -0.3 is 25.1 Å². The van der Waals surface area contributed by atoms with Gasteiger partial charge in [0.2, 0.25) is 5.60 Å². The molecule has 1 saturated heterocycles. The summed E-state index contributed by atoms with van der Waals surface area (Å²) in [4.78, 5) is 3.92. The van der Waals surface area contributed by atoms with E-state index in [9.17, 15) is 15.5 Å². The molecule has 152 valence electrons. The molecule has 2 aromatic heterocycles. The van der Waals surface area contributed by atoms with E-state index in [-0.39, 0.29) is 23.2 Å². The fraction of sp³-hybridized carbons (Fsp3) is 0.611. The number of hydrogen-bond donors (Lipinski definition) is 3. The maximum absolute atomic E-state index is 10.7. The molecule has 0 aromatic carbocycles. The molecule has 0 radical (unpaired) electrons. The van der Waals surface area contributed by atoms with Gasteiger partial charge in [-0.25, -0.2) is 9.50 Å². The molecule has 4 atom stereocenters. The smallest absolute Gasteiger partial charge is 0.225 e. The van der Waals surface area contributed by atoms with Gasteiger partial charge in [-0.05, 0) is 30.3 Å². The molecular formula is C18H27N5O4Si. The molecule has 2 aromatic rings. The van der Waals surface area contributed by atoms with Crippen LogP contribution < -0.4 is 5.73 Å². The van der Waals surface area contributed by atoms with E-state index in [4.69, 9.17) is 14.9 Å². The summed E-state index contributed by atoms with van der Waals surface area (Å²) in [6.07, 6.45) is -2.35. The maximum Gasteiger partial charge on any atom is 0.225 e. The third kappa shape index (κ3) is 3.09. The van der Waals surface area contributed by atoms with Gasteiger partial charge >= 0.3 is 0 Å². The van der Waals surface area contributed by atoms with E-state index >= 15 is 0 Å². The van der Waals surface area contributed by atoms with Crippen molar-refractivity contribution in [3.8, 4) is 6.07 Å². The van der Waals surface area contributed by atoms with Crippen LogP contribution in [0.15, 0.2) is 18.5 Å². The standard InChI is InChI=1S/C18H27N5O4Si/c1-17(2,3)28(4,5)26-8-12-14(24)15(25)18(9-19,27-12)13-7-6-11-16(20)21-10-22-23(11)13/h6-7,10,12,14-15,24-25H,8H2,1-5H3,(H2,20,21,22)/t12-,14-,15-,18+/m1/s1. The minimum atomic E-state index is -2.10. The monoisotopic (exact) mass is 405 g/mol. The first-order chi connectivity index (χ1) is 12.9. The van der Waals surface area contributed by atoms with E-state index in [1.807, 2.05) is 6.07 Å². The largest absolute Gasteiger partial charge is 0.414 e. The van der Waals surface area contributed by atoms with Crippen molar-refractivity contribution in [1.29, 1.82) is 5.26 Å². The number of aliphatic hydroxyl groups is 2. The molecule has 0 aliphatic carbocycles. The zero-order chi connectivity index (χ0) is 20.9. The van der Waals surface area contributed by atoms with Crippen LogP contribution in [0.25, 0.3) is 5.52 Å². The number of nitrogens with two attached hydrogens (primary N) is 1. The Hall–Kier alpha value is -2.03. The first kappa shape index (κ1) is 20.7. The average Bonchev–Trinajstić information content (AvgIpc) is 3.15. The number of fused-ring (bicyclic) bond motifs is 1. The lowest BCUT2D eigenvalue weighted by atomic mass is 9.92. The molecule has 0 amide bonds. The minimum absolute atomic E-state index is 0.0202. The Morgan fingerprint density at radius 3 is 2.68 bits per heavy atom. The highest BCUT2D eigenvalue weighted by atomic mass is 28.4. The van der Waals surface area contributed by atoms with Crippen molar-refractivity contribution in [2.75, 3.05) is 12.3 Å². The topological polar surface area (TPSA) is 139 Å². The summed E-state index contributed by atoms with van der Waals surface area (Å²) in [6.45, 7) is 10.6. The number of nitriles is 1. The van der Waals surface area contributed by atoms with E-state index in [2.05, 4.69) is 43.9 Å². The highest BCUT2D eigenvalue weighted by Gasteiger charge is 2.58. The lowest BCUT2D eigenvalue weighted by Crippen LogP contribution is -2.44. The van der Waals surface area contributed by atoms with Crippen LogP contribution in [0, 0.1) is 11.3 Å². The van der Waals surface area contributed by atoms with Crippen LogP contribution in [0.1, 0.15) is 26.5 Å². The fourth-order valence-electron chi connectivity index (χ4n) is 3.06. The van der Waals surface area contributed by atoms with Crippen molar-refractivity contribution in [2.24, 2.45) is 0 Å². The Morgan fingerprint density at radius 2 is 2.07 bits per heavy atom. The van der Waals surface area contributed by atoms with Gasteiger partial charge in [-0.1, -0.05) is 20.8 Å². The number of hydrogen-bond acceptors (Lipinski definition) is 8. The van der Waals surface area contributed by atoms with Crippen molar-refractivity contribution in [1.82, 2.24) is 14.6 Å². The lowest BCUT2D eigenvalue weighted by Gasteiger charge is -2.37. The van der Waals surface area contributed by atoms with Crippen LogP contribution in [-0.2, 0) is 14.8 Å². The first-order valence-electron chi connectivity index (χ1n) is 9.12. The van der Waals surface area contributed by atoms with Crippen molar-refractivity contribution in [3.63, 3.8) is 0 Å². The molecule has 3 rings (SSSR count). The Morgan fingerprint density at radius 1 is 1.39 bits per heavy atom. The number of anilines is 1. The third-order valence-corrected chi connectivity index (χ3v) is 10.4. The van der Waals surface area contributed by atoms with E-state index in [0.29, 0.717) is 5.52 Å². The van der Waals surface area contributed by atoms with Crippen molar-refractivity contribution in [3.05, 3.63) is 24.2 Å². The third-order valence-electron chi connectivity index (χ3n) is 5.90. The quantitative estimate of drug-likeness (QED) is 0.644. The molecule has 4 N–H and O–H groups in total. The molecule has 28 heavy (non-hydrogen) atoms. The molecule has 1 aliphatic heterocycles. The van der Waals surface area contributed by atoms with Gasteiger partial charge in [0.1, 0.15) is 36.2 Å². The molecule has 10 heteroatoms. The van der Waals surface area contributed by atoms with Crippen LogP contribution in [0.3, 0.4) is 0 Å². The molecule has 1 aliphatic rings. The second kappa shape index (κ2) is 6.79. The van der Waals surface area contributed by atoms with Gasteiger partial charge in [0.05, 0.1) is 12.3 Å². The summed E-state index contributed by atoms with van der Waals surface area (Å²) in [5.74, 6) is 0.236. The average molecular weight is 406 g/mol. The molecule has 1 fully saturated rings. The highest BCUT2D eigenvalue weighted by Crippen LogP contribution is 2.42. The fourth-order valence-corrected chi connectivity index (χ4v) is 4.07. The van der Waals surface area contributed by atoms with Crippen LogP contribution in [0.5, 0.6) is 0 Å². The number of rotatable bonds is 4. The molecular weight excluding hydrogens is 378 g/mol. The van der Waals surface area contributed by atoms with Crippen LogP contribution in [0.4, 0.5) is 5.82 Å². The van der Waals surface area contributed by atoms with Crippen LogP contribution in [-0.4, -0.2) is 58.0 Å². The number of nitrogens with zero attached hydrogens (tertiary/aromatic N) is 4. The summed E-state index contributed by atoms with van der Waals surface area (Å²) < 4.78 is 13.5. The molecule has 0 unspecified atom stereocenters. The second-order valence-electron chi connectivity index (χ2n) is 8.67. The SMILES string of the molecule is CC(C)(C)[Si](C)(C)OC[C@H]1O[C@@](C#N)(c2ccc3c(N)ncnn23)[C@H](O)[C@@H]1O. The summed E-state index contributed by atoms with van der Waals surface area (Å²) in [5.41, 5.74) is 4.82. The molecule has 9 nitrogen and oxygen atoms in total. The number of aliphatic hydroxyl groups excluding tert-OH is 2. The normalized spacial score (nSPS) is 28.6. The van der Waals surface area contributed by atoms with Gasteiger partial charge in [-0.3, -0.25) is 0 Å². The Bertz CT molecular complexity index is 919. The van der Waals surface area contributed by atoms with Gasteiger partial charge in [0, 0.05) is 0 Å². The number of ether oxygens (including phenoxy) is 1. The number of nitrogen functional groups attached to an aromatic ring is 1. The Labute approximate surface area is 164 Å². The molecule has 0 spiro atoms. The predicted octanol–water partition coefficient (Wildman–Crippen LogP) is 1.17. The van der Waals surface area contributed by atoms with E-state index in [1.54, 1.807) is 12.1 Å². The summed E-state index contributed by atoms with van der Waals surface area (Å²) in [5, 5.41) is 35.3. The second-order valence-corrected chi connectivity index (χ2v) is 13.5. The maximum atomic E-state index is 10.7.